The first-order chi connectivity index (χ1) is 12.0. The third-order valence-corrected chi connectivity index (χ3v) is 3.95. The van der Waals surface area contributed by atoms with E-state index in [1.54, 1.807) is 42.5 Å². The summed E-state index contributed by atoms with van der Waals surface area (Å²) in [5.74, 6) is -0.0492. The maximum absolute atomic E-state index is 11.9. The van der Waals surface area contributed by atoms with Gasteiger partial charge in [-0.25, -0.2) is 0 Å². The topological polar surface area (TPSA) is 64.6 Å². The van der Waals surface area contributed by atoms with Crippen LogP contribution in [0.2, 0.25) is 10.0 Å². The van der Waals surface area contributed by atoms with Gasteiger partial charge in [0.05, 0.1) is 13.5 Å². The Balaban J connectivity index is 1.78. The van der Waals surface area contributed by atoms with E-state index in [0.717, 1.165) is 11.1 Å². The summed E-state index contributed by atoms with van der Waals surface area (Å²) in [6.07, 6.45) is 0.194. The maximum Gasteiger partial charge on any atom is 0.309 e. The number of carbonyl (C=O) groups is 2. The molecule has 0 bridgehead atoms. The average Bonchev–Trinajstić information content (AvgIpc) is 2.60. The lowest BCUT2D eigenvalue weighted by atomic mass is 10.1. The Hall–Kier alpha value is -2.24. The van der Waals surface area contributed by atoms with Crippen LogP contribution in [0.4, 0.5) is 0 Å². The number of nitrogens with one attached hydrogen (secondary N) is 1. The monoisotopic (exact) mass is 381 g/mol. The Morgan fingerprint density at radius 3 is 2.44 bits per heavy atom. The minimum atomic E-state index is -0.311. The van der Waals surface area contributed by atoms with Gasteiger partial charge in [-0.15, -0.1) is 0 Å². The van der Waals surface area contributed by atoms with Crippen LogP contribution < -0.4 is 10.1 Å². The van der Waals surface area contributed by atoms with Crippen LogP contribution in [-0.2, 0) is 27.3 Å². The van der Waals surface area contributed by atoms with Crippen LogP contribution in [0.15, 0.2) is 42.5 Å². The van der Waals surface area contributed by atoms with E-state index in [9.17, 15) is 9.59 Å². The molecule has 0 unspecified atom stereocenters. The fourth-order valence-electron chi connectivity index (χ4n) is 2.00. The molecule has 0 aliphatic heterocycles. The molecule has 2 rings (SSSR count). The van der Waals surface area contributed by atoms with Gasteiger partial charge >= 0.3 is 5.97 Å². The predicted octanol–water partition coefficient (Wildman–Crippen LogP) is 3.40. The highest BCUT2D eigenvalue weighted by Crippen LogP contribution is 2.20. The highest BCUT2D eigenvalue weighted by Gasteiger charge is 2.07. The molecule has 1 N–H and O–H groups in total. The average molecular weight is 382 g/mol. The van der Waals surface area contributed by atoms with Gasteiger partial charge in [-0.2, -0.15) is 0 Å². The summed E-state index contributed by atoms with van der Waals surface area (Å²) in [4.78, 5) is 23.0. The summed E-state index contributed by atoms with van der Waals surface area (Å²) in [6.45, 7) is 0.165. The molecule has 7 heteroatoms. The van der Waals surface area contributed by atoms with Crippen molar-refractivity contribution in [2.75, 3.05) is 13.7 Å². The van der Waals surface area contributed by atoms with Crippen molar-refractivity contribution >= 4 is 35.1 Å². The van der Waals surface area contributed by atoms with Crippen molar-refractivity contribution in [1.29, 1.82) is 0 Å². The predicted molar refractivity (Wildman–Crippen MR) is 96.0 cm³/mol. The number of esters is 1. The number of hydrogen-bond acceptors (Lipinski definition) is 4. The van der Waals surface area contributed by atoms with E-state index < -0.39 is 0 Å². The molecule has 0 aliphatic carbocycles. The van der Waals surface area contributed by atoms with Crippen LogP contribution in [0.25, 0.3) is 0 Å². The Morgan fingerprint density at radius 2 is 1.80 bits per heavy atom. The van der Waals surface area contributed by atoms with E-state index >= 15 is 0 Å². The van der Waals surface area contributed by atoms with Gasteiger partial charge in [-0.1, -0.05) is 41.4 Å². The van der Waals surface area contributed by atoms with Gasteiger partial charge < -0.3 is 14.8 Å². The summed E-state index contributed by atoms with van der Waals surface area (Å²) in [7, 11) is 1.34. The highest BCUT2D eigenvalue weighted by atomic mass is 35.5. The van der Waals surface area contributed by atoms with Crippen molar-refractivity contribution in [3.63, 3.8) is 0 Å². The largest absolute Gasteiger partial charge is 0.484 e. The smallest absolute Gasteiger partial charge is 0.309 e. The van der Waals surface area contributed by atoms with Gasteiger partial charge in [0.1, 0.15) is 5.75 Å². The Bertz CT molecular complexity index is 747. The minimum Gasteiger partial charge on any atom is -0.484 e. The number of rotatable bonds is 7. The van der Waals surface area contributed by atoms with E-state index in [4.69, 9.17) is 27.9 Å². The number of ether oxygens (including phenoxy) is 2. The molecule has 0 aliphatic rings. The Kier molecular flexibility index (Phi) is 7.10. The Labute approximate surface area is 155 Å². The SMILES string of the molecule is COC(=O)Cc1ccc(OCC(=O)NCc2ccc(Cl)cc2Cl)cc1. The first-order valence-electron chi connectivity index (χ1n) is 7.47. The van der Waals surface area contributed by atoms with E-state index in [-0.39, 0.29) is 31.4 Å². The van der Waals surface area contributed by atoms with Gasteiger partial charge in [0.25, 0.3) is 5.91 Å². The second-order valence-electron chi connectivity index (χ2n) is 5.20. The number of amides is 1. The van der Waals surface area contributed by atoms with Crippen molar-refractivity contribution in [3.05, 3.63) is 63.6 Å². The van der Waals surface area contributed by atoms with Crippen molar-refractivity contribution in [3.8, 4) is 5.75 Å². The summed E-state index contributed by atoms with van der Waals surface area (Å²) < 4.78 is 10.0. The van der Waals surface area contributed by atoms with Gasteiger partial charge in [-0.05, 0) is 35.4 Å². The number of hydrogen-bond donors (Lipinski definition) is 1. The number of methoxy groups -OCH3 is 1. The van der Waals surface area contributed by atoms with Gasteiger partial charge in [0.2, 0.25) is 0 Å². The second-order valence-corrected chi connectivity index (χ2v) is 6.04. The zero-order valence-corrected chi connectivity index (χ0v) is 15.1. The van der Waals surface area contributed by atoms with Crippen LogP contribution in [0, 0.1) is 0 Å². The Morgan fingerprint density at radius 1 is 1.08 bits per heavy atom. The highest BCUT2D eigenvalue weighted by molar-refractivity contribution is 6.35. The molecule has 2 aromatic carbocycles. The summed E-state index contributed by atoms with van der Waals surface area (Å²) in [6, 6.07) is 12.0. The molecular weight excluding hydrogens is 365 g/mol. The summed E-state index contributed by atoms with van der Waals surface area (Å²) in [5, 5.41) is 3.76. The van der Waals surface area contributed by atoms with Gasteiger partial charge in [0, 0.05) is 16.6 Å². The molecule has 0 fully saturated rings. The minimum absolute atomic E-state index is 0.123. The number of carbonyl (C=O) groups excluding carboxylic acids is 2. The van der Waals surface area contributed by atoms with Crippen molar-refractivity contribution in [2.45, 2.75) is 13.0 Å². The van der Waals surface area contributed by atoms with Crippen LogP contribution in [0.5, 0.6) is 5.75 Å². The molecule has 0 radical (unpaired) electrons. The first-order valence-corrected chi connectivity index (χ1v) is 8.22. The van der Waals surface area contributed by atoms with Crippen LogP contribution in [-0.4, -0.2) is 25.6 Å². The van der Waals surface area contributed by atoms with Crippen LogP contribution >= 0.6 is 23.2 Å². The molecule has 0 aromatic heterocycles. The molecule has 2 aromatic rings. The fraction of sp³-hybridized carbons (Fsp3) is 0.222. The van der Waals surface area contributed by atoms with E-state index in [2.05, 4.69) is 10.1 Å². The molecule has 0 saturated heterocycles. The lowest BCUT2D eigenvalue weighted by Crippen LogP contribution is -2.28. The molecule has 25 heavy (non-hydrogen) atoms. The van der Waals surface area contributed by atoms with Crippen LogP contribution in [0.1, 0.15) is 11.1 Å². The number of halogens is 2. The molecule has 1 amide bonds. The molecule has 0 atom stereocenters. The third-order valence-electron chi connectivity index (χ3n) is 3.36. The van der Waals surface area contributed by atoms with Crippen LogP contribution in [0.3, 0.4) is 0 Å². The lowest BCUT2D eigenvalue weighted by molar-refractivity contribution is -0.139. The van der Waals surface area contributed by atoms with Crippen molar-refractivity contribution < 1.29 is 19.1 Å². The molecule has 0 heterocycles. The van der Waals surface area contributed by atoms with Gasteiger partial charge in [0.15, 0.2) is 6.61 Å². The lowest BCUT2D eigenvalue weighted by Gasteiger charge is -2.09. The van der Waals surface area contributed by atoms with E-state index in [1.807, 2.05) is 0 Å². The van der Waals surface area contributed by atoms with E-state index in [1.165, 1.54) is 7.11 Å². The quantitative estimate of drug-likeness (QED) is 0.746. The molecular formula is C18H17Cl2NO4. The standard InChI is InChI=1S/C18H17Cl2NO4/c1-24-18(23)8-12-2-6-15(7-3-12)25-11-17(22)21-10-13-4-5-14(19)9-16(13)20/h2-7,9H,8,10-11H2,1H3,(H,21,22). The summed E-state index contributed by atoms with van der Waals surface area (Å²) in [5.41, 5.74) is 1.58. The second kappa shape index (κ2) is 9.30. The molecule has 132 valence electrons. The van der Waals surface area contributed by atoms with Crippen molar-refractivity contribution in [1.82, 2.24) is 5.32 Å². The zero-order chi connectivity index (χ0) is 18.2. The maximum atomic E-state index is 11.9. The third kappa shape index (κ3) is 6.29. The molecule has 0 saturated carbocycles. The normalized spacial score (nSPS) is 10.2. The molecule has 5 nitrogen and oxygen atoms in total. The zero-order valence-electron chi connectivity index (χ0n) is 13.6. The number of benzene rings is 2. The van der Waals surface area contributed by atoms with Gasteiger partial charge in [-0.3, -0.25) is 9.59 Å². The van der Waals surface area contributed by atoms with E-state index in [0.29, 0.717) is 15.8 Å². The fourth-order valence-corrected chi connectivity index (χ4v) is 2.48. The van der Waals surface area contributed by atoms with Crippen molar-refractivity contribution in [2.24, 2.45) is 0 Å². The molecule has 0 spiro atoms. The first kappa shape index (κ1) is 19.1. The summed E-state index contributed by atoms with van der Waals surface area (Å²) >= 11 is 11.9.